The van der Waals surface area contributed by atoms with Crippen LogP contribution in [0.1, 0.15) is 31.4 Å². The van der Waals surface area contributed by atoms with Crippen molar-refractivity contribution in [3.05, 3.63) is 17.5 Å². The molecule has 2 heterocycles. The lowest BCUT2D eigenvalue weighted by atomic mass is 10.1. The van der Waals surface area contributed by atoms with Crippen molar-refractivity contribution >= 4 is 11.8 Å². The van der Waals surface area contributed by atoms with Gasteiger partial charge in [0.1, 0.15) is 5.82 Å². The highest BCUT2D eigenvalue weighted by atomic mass is 32.2. The van der Waals surface area contributed by atoms with Crippen molar-refractivity contribution in [3.8, 4) is 0 Å². The van der Waals surface area contributed by atoms with Gasteiger partial charge in [-0.15, -0.1) is 10.2 Å². The van der Waals surface area contributed by atoms with Gasteiger partial charge in [-0.25, -0.2) is 0 Å². The minimum Gasteiger partial charge on any atom is -0.338 e. The van der Waals surface area contributed by atoms with E-state index >= 15 is 0 Å². The minimum absolute atomic E-state index is 0.378. The van der Waals surface area contributed by atoms with Crippen molar-refractivity contribution in [1.82, 2.24) is 24.9 Å². The first-order valence-electron chi connectivity index (χ1n) is 6.12. The second-order valence-electron chi connectivity index (χ2n) is 4.65. The van der Waals surface area contributed by atoms with Gasteiger partial charge in [0.05, 0.1) is 12.3 Å². The van der Waals surface area contributed by atoms with Gasteiger partial charge in [0, 0.05) is 13.5 Å². The van der Waals surface area contributed by atoms with Gasteiger partial charge in [-0.05, 0) is 5.92 Å². The molecule has 0 aliphatic rings. The zero-order valence-electron chi connectivity index (χ0n) is 11.3. The summed E-state index contributed by atoms with van der Waals surface area (Å²) in [7, 11) is 1.89. The van der Waals surface area contributed by atoms with Crippen LogP contribution >= 0.6 is 11.8 Å². The van der Waals surface area contributed by atoms with Crippen molar-refractivity contribution in [1.29, 1.82) is 0 Å². The van der Waals surface area contributed by atoms with Crippen molar-refractivity contribution < 1.29 is 4.52 Å². The molecule has 7 nitrogen and oxygen atoms in total. The molecule has 0 aromatic carbocycles. The number of aromatic nitrogens is 5. The molecule has 104 valence electrons. The van der Waals surface area contributed by atoms with Crippen molar-refractivity contribution in [2.45, 2.75) is 37.7 Å². The van der Waals surface area contributed by atoms with Crippen LogP contribution in [0.25, 0.3) is 0 Å². The lowest BCUT2D eigenvalue weighted by Gasteiger charge is -1.99. The summed E-state index contributed by atoms with van der Waals surface area (Å²) in [6.07, 6.45) is 0.829. The van der Waals surface area contributed by atoms with Gasteiger partial charge in [0.25, 0.3) is 0 Å². The van der Waals surface area contributed by atoms with E-state index in [-0.39, 0.29) is 0 Å². The van der Waals surface area contributed by atoms with Crippen LogP contribution in [0.3, 0.4) is 0 Å². The Morgan fingerprint density at radius 3 is 2.79 bits per heavy atom. The van der Waals surface area contributed by atoms with E-state index in [0.717, 1.165) is 23.2 Å². The predicted molar refractivity (Wildman–Crippen MR) is 71.3 cm³/mol. The Bertz CT molecular complexity index is 535. The molecule has 0 saturated heterocycles. The van der Waals surface area contributed by atoms with Crippen LogP contribution in [0.4, 0.5) is 0 Å². The lowest BCUT2D eigenvalue weighted by Crippen LogP contribution is -2.05. The van der Waals surface area contributed by atoms with E-state index in [9.17, 15) is 0 Å². The molecule has 0 radical (unpaired) electrons. The number of hydrogen-bond acceptors (Lipinski definition) is 7. The Balaban J connectivity index is 1.94. The summed E-state index contributed by atoms with van der Waals surface area (Å²) < 4.78 is 7.07. The molecule has 0 unspecified atom stereocenters. The van der Waals surface area contributed by atoms with Gasteiger partial charge in [-0.3, -0.25) is 0 Å². The Labute approximate surface area is 116 Å². The van der Waals surface area contributed by atoms with Crippen LogP contribution in [0.2, 0.25) is 0 Å². The summed E-state index contributed by atoms with van der Waals surface area (Å²) in [5.74, 6) is 3.23. The molecule has 0 amide bonds. The van der Waals surface area contributed by atoms with Gasteiger partial charge in [0.2, 0.25) is 5.89 Å². The highest BCUT2D eigenvalue weighted by Gasteiger charge is 2.12. The van der Waals surface area contributed by atoms with Crippen LogP contribution in [-0.4, -0.2) is 24.9 Å². The average molecular weight is 282 g/mol. The number of thioether (sulfide) groups is 1. The zero-order chi connectivity index (χ0) is 13.8. The fourth-order valence-corrected chi connectivity index (χ4v) is 2.34. The smallest absolute Gasteiger partial charge is 0.237 e. The van der Waals surface area contributed by atoms with E-state index in [1.165, 1.54) is 11.8 Å². The van der Waals surface area contributed by atoms with Gasteiger partial charge in [-0.1, -0.05) is 30.8 Å². The van der Waals surface area contributed by atoms with Crippen LogP contribution in [-0.2, 0) is 25.8 Å². The van der Waals surface area contributed by atoms with E-state index in [4.69, 9.17) is 10.3 Å². The third-order valence-electron chi connectivity index (χ3n) is 2.53. The maximum Gasteiger partial charge on any atom is 0.237 e. The standard InChI is InChI=1S/C11H18N6OS/c1-7(2)4-8-13-10(18-16-8)6-19-11-15-14-9(5-12)17(11)3/h7H,4-6,12H2,1-3H3. The predicted octanol–water partition coefficient (Wildman–Crippen LogP) is 1.15. The van der Waals surface area contributed by atoms with Crippen LogP contribution in [0.5, 0.6) is 0 Å². The second kappa shape index (κ2) is 6.16. The molecule has 8 heteroatoms. The van der Waals surface area contributed by atoms with Crippen molar-refractivity contribution in [2.24, 2.45) is 18.7 Å². The van der Waals surface area contributed by atoms with Crippen LogP contribution in [0.15, 0.2) is 9.68 Å². The molecule has 0 spiro atoms. The number of nitrogens with zero attached hydrogens (tertiary/aromatic N) is 5. The van der Waals surface area contributed by atoms with Crippen LogP contribution in [0, 0.1) is 5.92 Å². The molecule has 2 N–H and O–H groups in total. The molecule has 0 saturated carbocycles. The van der Waals surface area contributed by atoms with Gasteiger partial charge in [-0.2, -0.15) is 4.98 Å². The maximum atomic E-state index is 5.55. The Morgan fingerprint density at radius 1 is 1.37 bits per heavy atom. The third-order valence-corrected chi connectivity index (χ3v) is 3.54. The Morgan fingerprint density at radius 2 is 2.16 bits per heavy atom. The van der Waals surface area contributed by atoms with E-state index < -0.39 is 0 Å². The van der Waals surface area contributed by atoms with E-state index in [2.05, 4.69) is 34.2 Å². The first kappa shape index (κ1) is 14.0. The van der Waals surface area contributed by atoms with Gasteiger partial charge >= 0.3 is 0 Å². The second-order valence-corrected chi connectivity index (χ2v) is 5.60. The summed E-state index contributed by atoms with van der Waals surface area (Å²) in [6.45, 7) is 4.63. The molecule has 2 aromatic rings. The molecular formula is C11H18N6OS. The molecule has 2 aromatic heterocycles. The van der Waals surface area contributed by atoms with Crippen LogP contribution < -0.4 is 5.73 Å². The van der Waals surface area contributed by atoms with Gasteiger partial charge in [0.15, 0.2) is 11.0 Å². The SMILES string of the molecule is CC(C)Cc1noc(CSc2nnc(CN)n2C)n1. The lowest BCUT2D eigenvalue weighted by molar-refractivity contribution is 0.382. The van der Waals surface area contributed by atoms with Crippen molar-refractivity contribution in [2.75, 3.05) is 0 Å². The molecule has 0 bridgehead atoms. The van der Waals surface area contributed by atoms with E-state index in [0.29, 0.717) is 24.1 Å². The fraction of sp³-hybridized carbons (Fsp3) is 0.636. The molecule has 2 rings (SSSR count). The third kappa shape index (κ3) is 3.54. The topological polar surface area (TPSA) is 95.6 Å². The number of nitrogens with two attached hydrogens (primary N) is 1. The fourth-order valence-electron chi connectivity index (χ4n) is 1.57. The summed E-state index contributed by atoms with van der Waals surface area (Å²) in [4.78, 5) is 4.34. The normalized spacial score (nSPS) is 11.4. The minimum atomic E-state index is 0.378. The van der Waals surface area contributed by atoms with Gasteiger partial charge < -0.3 is 14.8 Å². The Hall–Kier alpha value is -1.41. The number of hydrogen-bond donors (Lipinski definition) is 1. The Kier molecular flexibility index (Phi) is 4.54. The maximum absolute atomic E-state index is 5.55. The molecular weight excluding hydrogens is 264 g/mol. The number of rotatable bonds is 6. The van der Waals surface area contributed by atoms with E-state index in [1.54, 1.807) is 0 Å². The first-order valence-corrected chi connectivity index (χ1v) is 7.11. The largest absolute Gasteiger partial charge is 0.338 e. The molecule has 19 heavy (non-hydrogen) atoms. The first-order chi connectivity index (χ1) is 9.10. The highest BCUT2D eigenvalue weighted by Crippen LogP contribution is 2.20. The van der Waals surface area contributed by atoms with Crippen molar-refractivity contribution in [3.63, 3.8) is 0 Å². The quantitative estimate of drug-likeness (QED) is 0.794. The molecule has 0 aliphatic heterocycles. The monoisotopic (exact) mass is 282 g/mol. The zero-order valence-corrected chi connectivity index (χ0v) is 12.1. The van der Waals surface area contributed by atoms with E-state index in [1.807, 2.05) is 11.6 Å². The highest BCUT2D eigenvalue weighted by molar-refractivity contribution is 7.98. The summed E-state index contributed by atoms with van der Waals surface area (Å²) in [5.41, 5.74) is 5.55. The summed E-state index contributed by atoms with van der Waals surface area (Å²) in [5, 5.41) is 12.8. The average Bonchev–Trinajstić information content (AvgIpc) is 2.93. The molecule has 0 fully saturated rings. The molecule has 0 aliphatic carbocycles. The summed E-state index contributed by atoms with van der Waals surface area (Å²) in [6, 6.07) is 0. The summed E-state index contributed by atoms with van der Waals surface area (Å²) >= 11 is 1.51. The molecule has 0 atom stereocenters.